The molecule has 0 spiro atoms. The van der Waals surface area contributed by atoms with Crippen LogP contribution in [0.15, 0.2) is 48.5 Å². The molecule has 0 radical (unpaired) electrons. The minimum atomic E-state index is -1.04. The lowest BCUT2D eigenvalue weighted by atomic mass is 9.95. The maximum atomic E-state index is 14.4. The van der Waals surface area contributed by atoms with E-state index < -0.39 is 11.9 Å². The van der Waals surface area contributed by atoms with Gasteiger partial charge in [0, 0.05) is 22.8 Å². The highest BCUT2D eigenvalue weighted by Gasteiger charge is 2.37. The largest absolute Gasteiger partial charge is 0.497 e. The topological polar surface area (TPSA) is 127 Å². The summed E-state index contributed by atoms with van der Waals surface area (Å²) in [5, 5.41) is 6.69. The van der Waals surface area contributed by atoms with Gasteiger partial charge in [0.05, 0.1) is 12.8 Å². The van der Waals surface area contributed by atoms with Gasteiger partial charge < -0.3 is 21.1 Å². The number of ether oxygens (including phenoxy) is 1. The Hall–Kier alpha value is -3.63. The molecule has 0 unspecified atom stereocenters. The number of nitrogens with one attached hydrogen (secondary N) is 2. The van der Waals surface area contributed by atoms with E-state index in [4.69, 9.17) is 22.1 Å². The molecule has 2 aliphatic rings. The van der Waals surface area contributed by atoms with Crippen molar-refractivity contribution in [2.45, 2.75) is 75.9 Å². The Morgan fingerprint density at radius 2 is 1.52 bits per heavy atom. The fraction of sp³-hybridized carbons (Fsp3) is 0.419. The average molecular weight is 610 g/mol. The van der Waals surface area contributed by atoms with Crippen molar-refractivity contribution in [3.05, 3.63) is 69.7 Å². The highest BCUT2D eigenvalue weighted by atomic mass is 35.5. The van der Waals surface area contributed by atoms with Gasteiger partial charge in [-0.1, -0.05) is 55.8 Å². The van der Waals surface area contributed by atoms with Crippen LogP contribution in [0.2, 0.25) is 5.02 Å². The van der Waals surface area contributed by atoms with Gasteiger partial charge in [-0.25, -0.2) is 0 Å². The smallest absolute Gasteiger partial charge is 0.273 e. The Morgan fingerprint density at radius 1 is 0.929 bits per heavy atom. The number of methoxy groups -OCH3 is 1. The number of carbonyl (C=O) groups excluding carboxylic acids is 3. The summed E-state index contributed by atoms with van der Waals surface area (Å²) in [5.74, 6) is -0.636. The summed E-state index contributed by atoms with van der Waals surface area (Å²) in [5.41, 5.74) is 7.51. The molecule has 0 saturated heterocycles. The molecule has 1 aromatic heterocycles. The van der Waals surface area contributed by atoms with Crippen LogP contribution in [0, 0.1) is 0 Å². The van der Waals surface area contributed by atoms with Crippen molar-refractivity contribution >= 4 is 52.2 Å². The zero-order chi connectivity index (χ0) is 29.6. The predicted octanol–water partition coefficient (Wildman–Crippen LogP) is 5.90. The highest BCUT2D eigenvalue weighted by molar-refractivity contribution is 7.09. The molecule has 11 heteroatoms. The summed E-state index contributed by atoms with van der Waals surface area (Å²) in [4.78, 5) is 43.0. The summed E-state index contributed by atoms with van der Waals surface area (Å²) in [6.45, 7) is 0. The van der Waals surface area contributed by atoms with Gasteiger partial charge in [0.15, 0.2) is 5.69 Å². The fourth-order valence-corrected chi connectivity index (χ4v) is 6.63. The number of benzene rings is 2. The molecule has 1 atom stereocenters. The summed E-state index contributed by atoms with van der Waals surface area (Å²) in [7, 11) is 1.56. The van der Waals surface area contributed by atoms with Crippen LogP contribution in [0.4, 0.5) is 11.4 Å². The van der Waals surface area contributed by atoms with Crippen molar-refractivity contribution in [1.29, 1.82) is 0 Å². The van der Waals surface area contributed by atoms with Crippen molar-refractivity contribution in [2.24, 2.45) is 0 Å². The van der Waals surface area contributed by atoms with Gasteiger partial charge in [-0.05, 0) is 79.2 Å². The lowest BCUT2D eigenvalue weighted by Gasteiger charge is -2.32. The first-order valence-corrected chi connectivity index (χ1v) is 15.6. The van der Waals surface area contributed by atoms with Crippen LogP contribution in [0.25, 0.3) is 0 Å². The zero-order valence-electron chi connectivity index (χ0n) is 23.6. The van der Waals surface area contributed by atoms with Crippen molar-refractivity contribution in [1.82, 2.24) is 15.0 Å². The molecule has 2 aromatic carbocycles. The molecule has 3 amide bonds. The number of carbonyl (C=O) groups is 3. The Bertz CT molecular complexity index is 1400. The second-order valence-electron chi connectivity index (χ2n) is 10.9. The first-order valence-electron chi connectivity index (χ1n) is 14.4. The van der Waals surface area contributed by atoms with Crippen molar-refractivity contribution < 1.29 is 19.1 Å². The van der Waals surface area contributed by atoms with E-state index in [9.17, 15) is 14.4 Å². The maximum absolute atomic E-state index is 14.4. The van der Waals surface area contributed by atoms with Crippen LogP contribution in [0.1, 0.15) is 89.6 Å². The van der Waals surface area contributed by atoms with Gasteiger partial charge in [0.1, 0.15) is 16.7 Å². The molecule has 3 aromatic rings. The quantitative estimate of drug-likeness (QED) is 0.277. The molecule has 9 nitrogen and oxygen atoms in total. The molecule has 2 saturated carbocycles. The molecular formula is C31H36ClN5O4S. The van der Waals surface area contributed by atoms with Gasteiger partial charge >= 0.3 is 0 Å². The van der Waals surface area contributed by atoms with Crippen molar-refractivity contribution in [3.8, 4) is 5.75 Å². The Labute approximate surface area is 254 Å². The summed E-state index contributed by atoms with van der Waals surface area (Å²) in [6.07, 6.45) is 8.96. The molecular weight excluding hydrogens is 574 g/mol. The fourth-order valence-electron chi connectivity index (χ4n) is 5.76. The van der Waals surface area contributed by atoms with Gasteiger partial charge in [0.2, 0.25) is 5.91 Å². The first kappa shape index (κ1) is 29.8. The van der Waals surface area contributed by atoms with E-state index in [1.54, 1.807) is 55.6 Å². The van der Waals surface area contributed by atoms with Gasteiger partial charge in [-0.2, -0.15) is 4.37 Å². The first-order chi connectivity index (χ1) is 20.4. The van der Waals surface area contributed by atoms with Crippen LogP contribution in [0.3, 0.4) is 0 Å². The molecule has 2 aliphatic carbocycles. The number of aromatic nitrogens is 1. The minimum absolute atomic E-state index is 0.00267. The summed E-state index contributed by atoms with van der Waals surface area (Å²) in [6, 6.07) is 12.8. The Kier molecular flexibility index (Phi) is 9.64. The number of nitrogens with zero attached hydrogens (tertiary/aromatic N) is 2. The Balaban J connectivity index is 1.53. The van der Waals surface area contributed by atoms with E-state index in [2.05, 4.69) is 15.0 Å². The number of hydrogen-bond acceptors (Lipinski definition) is 7. The van der Waals surface area contributed by atoms with Crippen LogP contribution >= 0.6 is 23.1 Å². The number of anilines is 2. The molecule has 4 N–H and O–H groups in total. The molecule has 0 bridgehead atoms. The van der Waals surface area contributed by atoms with E-state index in [1.807, 2.05) is 0 Å². The zero-order valence-corrected chi connectivity index (χ0v) is 25.2. The molecule has 1 heterocycles. The molecule has 5 rings (SSSR count). The van der Waals surface area contributed by atoms with E-state index in [1.165, 1.54) is 4.90 Å². The normalized spacial score (nSPS) is 16.5. The van der Waals surface area contributed by atoms with Gasteiger partial charge in [-0.15, -0.1) is 0 Å². The predicted molar refractivity (Wildman–Crippen MR) is 165 cm³/mol. The standard InChI is InChI=1S/C31H36ClN5O4S/c1-41-24-17-15-23(16-18-24)37(27(19-11-13-20(32)14-12-19)30(39)35-22-9-5-6-10-22)31(40)28-25(33)26(36-42-28)29(38)34-21-7-3-2-4-8-21/h11-18,21-22,27H,2-10,33H2,1H3,(H,34,38)(H,35,39)/t27-/m0/s1. The van der Waals surface area contributed by atoms with E-state index >= 15 is 0 Å². The number of hydrogen-bond donors (Lipinski definition) is 3. The van der Waals surface area contributed by atoms with E-state index in [-0.39, 0.29) is 40.2 Å². The third kappa shape index (κ3) is 6.71. The molecule has 2 fully saturated rings. The third-order valence-corrected chi connectivity index (χ3v) is 9.14. The van der Waals surface area contributed by atoms with Crippen LogP contribution in [-0.4, -0.2) is 41.3 Å². The number of halogens is 1. The number of rotatable bonds is 9. The molecule has 222 valence electrons. The molecule has 0 aliphatic heterocycles. The highest BCUT2D eigenvalue weighted by Crippen LogP contribution is 2.35. The SMILES string of the molecule is COc1ccc(N(C(=O)c2snc(C(=O)NC3CCCCC3)c2N)[C@H](C(=O)NC2CCCC2)c2ccc(Cl)cc2)cc1. The number of nitrogen functional groups attached to an aromatic ring is 1. The molecule has 42 heavy (non-hydrogen) atoms. The lowest BCUT2D eigenvalue weighted by Crippen LogP contribution is -2.46. The summed E-state index contributed by atoms with van der Waals surface area (Å²) >= 11 is 7.05. The third-order valence-electron chi connectivity index (χ3n) is 8.04. The van der Waals surface area contributed by atoms with E-state index in [0.717, 1.165) is 69.3 Å². The van der Waals surface area contributed by atoms with Crippen molar-refractivity contribution in [2.75, 3.05) is 17.7 Å². The van der Waals surface area contributed by atoms with Crippen LogP contribution in [0.5, 0.6) is 5.75 Å². The van der Waals surface area contributed by atoms with E-state index in [0.29, 0.717) is 22.0 Å². The summed E-state index contributed by atoms with van der Waals surface area (Å²) < 4.78 is 9.63. The van der Waals surface area contributed by atoms with Gasteiger partial charge in [-0.3, -0.25) is 19.3 Å². The maximum Gasteiger partial charge on any atom is 0.273 e. The second-order valence-corrected chi connectivity index (χ2v) is 12.1. The van der Waals surface area contributed by atoms with Crippen molar-refractivity contribution in [3.63, 3.8) is 0 Å². The Morgan fingerprint density at radius 3 is 2.14 bits per heavy atom. The number of amides is 3. The van der Waals surface area contributed by atoms with Crippen LogP contribution < -0.4 is 26.0 Å². The average Bonchev–Trinajstić information content (AvgIpc) is 3.66. The minimum Gasteiger partial charge on any atom is -0.497 e. The van der Waals surface area contributed by atoms with Crippen LogP contribution in [-0.2, 0) is 4.79 Å². The lowest BCUT2D eigenvalue weighted by molar-refractivity contribution is -0.123. The monoisotopic (exact) mass is 609 g/mol. The van der Waals surface area contributed by atoms with Gasteiger partial charge in [0.25, 0.3) is 11.8 Å². The second kappa shape index (κ2) is 13.6. The number of nitrogens with two attached hydrogens (primary N) is 1.